The van der Waals surface area contributed by atoms with Gasteiger partial charge < -0.3 is 0 Å². The molecular formula is C10H7BrFN3. The SMILES string of the molecule is Cc1c[nH]n2c1nc1cc(F)cc(Br)c12. The van der Waals surface area contributed by atoms with E-state index in [4.69, 9.17) is 0 Å². The summed E-state index contributed by atoms with van der Waals surface area (Å²) in [4.78, 5) is 4.36. The van der Waals surface area contributed by atoms with Crippen molar-refractivity contribution in [1.29, 1.82) is 0 Å². The van der Waals surface area contributed by atoms with Crippen molar-refractivity contribution < 1.29 is 4.39 Å². The normalized spacial score (nSPS) is 11.7. The fourth-order valence-corrected chi connectivity index (χ4v) is 2.34. The van der Waals surface area contributed by atoms with E-state index in [9.17, 15) is 4.39 Å². The Morgan fingerprint density at radius 3 is 3.07 bits per heavy atom. The maximum Gasteiger partial charge on any atom is 0.157 e. The van der Waals surface area contributed by atoms with Crippen molar-refractivity contribution in [3.8, 4) is 0 Å². The number of halogens is 2. The molecule has 1 N–H and O–H groups in total. The molecule has 0 unspecified atom stereocenters. The third kappa shape index (κ3) is 1.13. The second-order valence-corrected chi connectivity index (χ2v) is 4.34. The van der Waals surface area contributed by atoms with Crippen molar-refractivity contribution in [1.82, 2.24) is 14.6 Å². The standard InChI is InChI=1S/C10H7BrFN3/c1-5-4-13-15-9-7(11)2-6(12)3-8(9)14-10(5)15/h2-4,13H,1H3. The zero-order valence-electron chi connectivity index (χ0n) is 7.88. The molecule has 3 rings (SSSR count). The molecule has 2 heterocycles. The van der Waals surface area contributed by atoms with E-state index in [-0.39, 0.29) is 5.82 Å². The van der Waals surface area contributed by atoms with Gasteiger partial charge in [-0.3, -0.25) is 5.10 Å². The molecule has 0 bridgehead atoms. The molecule has 0 saturated carbocycles. The lowest BCUT2D eigenvalue weighted by molar-refractivity contribution is 0.628. The number of imidazole rings is 1. The van der Waals surface area contributed by atoms with Crippen molar-refractivity contribution in [2.45, 2.75) is 6.92 Å². The molecule has 0 fully saturated rings. The summed E-state index contributed by atoms with van der Waals surface area (Å²) in [5.74, 6) is -0.284. The van der Waals surface area contributed by atoms with Crippen molar-refractivity contribution >= 4 is 32.6 Å². The monoisotopic (exact) mass is 267 g/mol. The van der Waals surface area contributed by atoms with Crippen LogP contribution in [0.2, 0.25) is 0 Å². The zero-order chi connectivity index (χ0) is 10.6. The summed E-state index contributed by atoms with van der Waals surface area (Å²) in [6.45, 7) is 1.96. The van der Waals surface area contributed by atoms with Crippen LogP contribution < -0.4 is 0 Å². The van der Waals surface area contributed by atoms with E-state index in [1.54, 1.807) is 0 Å². The van der Waals surface area contributed by atoms with Gasteiger partial charge in [0.1, 0.15) is 11.3 Å². The van der Waals surface area contributed by atoms with Crippen LogP contribution in [0.4, 0.5) is 4.39 Å². The maximum absolute atomic E-state index is 13.1. The summed E-state index contributed by atoms with van der Waals surface area (Å²) in [6.07, 6.45) is 1.87. The van der Waals surface area contributed by atoms with Crippen LogP contribution in [0.25, 0.3) is 16.7 Å². The first-order chi connectivity index (χ1) is 7.16. The highest BCUT2D eigenvalue weighted by atomic mass is 79.9. The van der Waals surface area contributed by atoms with E-state index in [0.29, 0.717) is 9.99 Å². The number of aromatic nitrogens is 3. The van der Waals surface area contributed by atoms with E-state index in [1.165, 1.54) is 12.1 Å². The number of aryl methyl sites for hydroxylation is 1. The minimum absolute atomic E-state index is 0.284. The first-order valence-electron chi connectivity index (χ1n) is 4.48. The van der Waals surface area contributed by atoms with Gasteiger partial charge in [-0.1, -0.05) is 0 Å². The molecule has 5 heteroatoms. The molecule has 0 spiro atoms. The van der Waals surface area contributed by atoms with Gasteiger partial charge in [0.2, 0.25) is 0 Å². The highest BCUT2D eigenvalue weighted by molar-refractivity contribution is 9.10. The number of benzene rings is 1. The summed E-state index contributed by atoms with van der Waals surface area (Å²) in [7, 11) is 0. The van der Waals surface area contributed by atoms with E-state index >= 15 is 0 Å². The summed E-state index contributed by atoms with van der Waals surface area (Å²) in [5, 5.41) is 3.07. The molecule has 0 aliphatic carbocycles. The molecule has 3 nitrogen and oxygen atoms in total. The van der Waals surface area contributed by atoms with Gasteiger partial charge in [0.05, 0.1) is 5.52 Å². The fourth-order valence-electron chi connectivity index (χ4n) is 1.75. The Labute approximate surface area is 93.0 Å². The van der Waals surface area contributed by atoms with Crippen LogP contribution in [0.3, 0.4) is 0 Å². The molecule has 76 valence electrons. The summed E-state index contributed by atoms with van der Waals surface area (Å²) in [6, 6.07) is 2.87. The van der Waals surface area contributed by atoms with Crippen molar-refractivity contribution in [2.24, 2.45) is 0 Å². The van der Waals surface area contributed by atoms with Crippen molar-refractivity contribution in [3.05, 3.63) is 34.2 Å². The van der Waals surface area contributed by atoms with Gasteiger partial charge in [0, 0.05) is 22.3 Å². The minimum Gasteiger partial charge on any atom is -0.299 e. The number of rotatable bonds is 0. The minimum atomic E-state index is -0.284. The highest BCUT2D eigenvalue weighted by Crippen LogP contribution is 2.26. The molecule has 1 aromatic carbocycles. The van der Waals surface area contributed by atoms with Crippen molar-refractivity contribution in [3.63, 3.8) is 0 Å². The number of nitrogens with zero attached hydrogens (tertiary/aromatic N) is 2. The number of nitrogens with one attached hydrogen (secondary N) is 1. The fraction of sp³-hybridized carbons (Fsp3) is 0.100. The number of aromatic amines is 1. The Morgan fingerprint density at radius 1 is 1.47 bits per heavy atom. The van der Waals surface area contributed by atoms with Crippen LogP contribution in [-0.4, -0.2) is 14.6 Å². The number of fused-ring (bicyclic) bond motifs is 3. The number of hydrogen-bond donors (Lipinski definition) is 1. The van der Waals surface area contributed by atoms with Gasteiger partial charge in [0.15, 0.2) is 5.65 Å². The van der Waals surface area contributed by atoms with Crippen LogP contribution in [0.15, 0.2) is 22.8 Å². The third-order valence-corrected chi connectivity index (χ3v) is 3.04. The number of hydrogen-bond acceptors (Lipinski definition) is 1. The van der Waals surface area contributed by atoms with Gasteiger partial charge >= 0.3 is 0 Å². The Kier molecular flexibility index (Phi) is 1.68. The Balaban J connectivity index is 2.60. The van der Waals surface area contributed by atoms with Gasteiger partial charge in [-0.15, -0.1) is 0 Å². The Morgan fingerprint density at radius 2 is 2.27 bits per heavy atom. The zero-order valence-corrected chi connectivity index (χ0v) is 9.47. The quantitative estimate of drug-likeness (QED) is 0.668. The van der Waals surface area contributed by atoms with Gasteiger partial charge in [-0.2, -0.15) is 0 Å². The predicted octanol–water partition coefficient (Wildman–Crippen LogP) is 3.03. The van der Waals surface area contributed by atoms with Crippen LogP contribution >= 0.6 is 15.9 Å². The topological polar surface area (TPSA) is 33.1 Å². The van der Waals surface area contributed by atoms with E-state index in [1.807, 2.05) is 17.6 Å². The molecule has 0 atom stereocenters. The van der Waals surface area contributed by atoms with Gasteiger partial charge in [0.25, 0.3) is 0 Å². The lowest BCUT2D eigenvalue weighted by atomic mass is 10.3. The van der Waals surface area contributed by atoms with E-state index in [0.717, 1.165) is 16.7 Å². The maximum atomic E-state index is 13.1. The van der Waals surface area contributed by atoms with Gasteiger partial charge in [-0.05, 0) is 28.9 Å². The average Bonchev–Trinajstić information content (AvgIpc) is 2.66. The highest BCUT2D eigenvalue weighted by Gasteiger charge is 2.11. The molecule has 0 aliphatic rings. The molecule has 3 aromatic rings. The molecule has 0 aliphatic heterocycles. The van der Waals surface area contributed by atoms with E-state index < -0.39 is 0 Å². The van der Waals surface area contributed by atoms with Crippen LogP contribution in [0, 0.1) is 12.7 Å². The van der Waals surface area contributed by atoms with Crippen LogP contribution in [-0.2, 0) is 0 Å². The molecule has 0 amide bonds. The third-order valence-electron chi connectivity index (χ3n) is 2.43. The molecule has 0 saturated heterocycles. The second kappa shape index (κ2) is 2.82. The smallest absolute Gasteiger partial charge is 0.157 e. The first-order valence-corrected chi connectivity index (χ1v) is 5.27. The molecule has 0 radical (unpaired) electrons. The predicted molar refractivity (Wildman–Crippen MR) is 59.4 cm³/mol. The Bertz CT molecular complexity index is 668. The lowest BCUT2D eigenvalue weighted by Crippen LogP contribution is -1.84. The van der Waals surface area contributed by atoms with Gasteiger partial charge in [-0.25, -0.2) is 13.9 Å². The van der Waals surface area contributed by atoms with Crippen molar-refractivity contribution in [2.75, 3.05) is 0 Å². The molecular weight excluding hydrogens is 261 g/mol. The average molecular weight is 268 g/mol. The van der Waals surface area contributed by atoms with Crippen LogP contribution in [0.1, 0.15) is 5.56 Å². The summed E-state index contributed by atoms with van der Waals surface area (Å²) >= 11 is 3.34. The Hall–Kier alpha value is -1.36. The molecule has 2 aromatic heterocycles. The van der Waals surface area contributed by atoms with E-state index in [2.05, 4.69) is 26.0 Å². The largest absolute Gasteiger partial charge is 0.299 e. The second-order valence-electron chi connectivity index (χ2n) is 3.48. The lowest BCUT2D eigenvalue weighted by Gasteiger charge is -1.95. The summed E-state index contributed by atoms with van der Waals surface area (Å²) < 4.78 is 15.7. The number of H-pyrrole nitrogens is 1. The van der Waals surface area contributed by atoms with Crippen LogP contribution in [0.5, 0.6) is 0 Å². The summed E-state index contributed by atoms with van der Waals surface area (Å²) in [5.41, 5.74) is 3.38. The first kappa shape index (κ1) is 8.91. The molecule has 15 heavy (non-hydrogen) atoms.